The SMILES string of the molecule is Cc1cccc(N2CCN(CCC(C)NC(=O)NCCCO)CC2)c1. The number of aryl methyl sites for hydroxylation is 1. The van der Waals surface area contributed by atoms with Gasteiger partial charge in [0.05, 0.1) is 0 Å². The summed E-state index contributed by atoms with van der Waals surface area (Å²) < 4.78 is 0. The molecule has 1 saturated heterocycles. The molecule has 2 amide bonds. The predicted molar refractivity (Wildman–Crippen MR) is 102 cm³/mol. The first-order valence-electron chi connectivity index (χ1n) is 9.27. The van der Waals surface area contributed by atoms with Crippen LogP contribution in [0.2, 0.25) is 0 Å². The second-order valence-electron chi connectivity index (χ2n) is 6.83. The van der Waals surface area contributed by atoms with E-state index in [4.69, 9.17) is 5.11 Å². The average Bonchev–Trinajstić information content (AvgIpc) is 2.60. The van der Waals surface area contributed by atoms with Crippen LogP contribution in [0.15, 0.2) is 24.3 Å². The Balaban J connectivity index is 1.64. The maximum Gasteiger partial charge on any atom is 0.314 e. The van der Waals surface area contributed by atoms with Gasteiger partial charge in [-0.1, -0.05) is 12.1 Å². The van der Waals surface area contributed by atoms with E-state index in [-0.39, 0.29) is 18.7 Å². The fraction of sp³-hybridized carbons (Fsp3) is 0.632. The molecule has 6 nitrogen and oxygen atoms in total. The lowest BCUT2D eigenvalue weighted by molar-refractivity contribution is 0.226. The molecule has 1 heterocycles. The molecule has 25 heavy (non-hydrogen) atoms. The van der Waals surface area contributed by atoms with Gasteiger partial charge >= 0.3 is 6.03 Å². The molecule has 1 aliphatic heterocycles. The maximum atomic E-state index is 11.7. The minimum absolute atomic E-state index is 0.102. The number of carbonyl (C=O) groups excluding carboxylic acids is 1. The number of nitrogens with one attached hydrogen (secondary N) is 2. The molecule has 1 atom stereocenters. The molecular formula is C19H32N4O2. The molecule has 2 rings (SSSR count). The third-order valence-electron chi connectivity index (χ3n) is 4.62. The number of aliphatic hydroxyl groups excluding tert-OH is 1. The zero-order valence-corrected chi connectivity index (χ0v) is 15.5. The molecule has 3 N–H and O–H groups in total. The van der Waals surface area contributed by atoms with E-state index < -0.39 is 0 Å². The van der Waals surface area contributed by atoms with Gasteiger partial charge in [0, 0.05) is 57.6 Å². The van der Waals surface area contributed by atoms with Crippen molar-refractivity contribution in [2.45, 2.75) is 32.7 Å². The maximum absolute atomic E-state index is 11.7. The van der Waals surface area contributed by atoms with E-state index in [0.29, 0.717) is 13.0 Å². The molecule has 0 saturated carbocycles. The lowest BCUT2D eigenvalue weighted by Crippen LogP contribution is -2.48. The number of aliphatic hydroxyl groups is 1. The zero-order chi connectivity index (χ0) is 18.1. The summed E-state index contributed by atoms with van der Waals surface area (Å²) in [6.45, 7) is 10.00. The van der Waals surface area contributed by atoms with Crippen molar-refractivity contribution in [2.75, 3.05) is 50.8 Å². The smallest absolute Gasteiger partial charge is 0.314 e. The summed E-state index contributed by atoms with van der Waals surface area (Å²) in [4.78, 5) is 16.6. The fourth-order valence-electron chi connectivity index (χ4n) is 3.06. The number of hydrogen-bond acceptors (Lipinski definition) is 4. The highest BCUT2D eigenvalue weighted by Gasteiger charge is 2.18. The molecule has 0 spiro atoms. The molecule has 0 radical (unpaired) electrons. The third-order valence-corrected chi connectivity index (χ3v) is 4.62. The monoisotopic (exact) mass is 348 g/mol. The van der Waals surface area contributed by atoms with Crippen molar-refractivity contribution >= 4 is 11.7 Å². The average molecular weight is 348 g/mol. The van der Waals surface area contributed by atoms with Crippen molar-refractivity contribution in [3.05, 3.63) is 29.8 Å². The van der Waals surface area contributed by atoms with Crippen LogP contribution >= 0.6 is 0 Å². The Morgan fingerprint density at radius 1 is 1.28 bits per heavy atom. The number of anilines is 1. The van der Waals surface area contributed by atoms with Gasteiger partial charge in [-0.05, 0) is 44.4 Å². The Bertz CT molecular complexity index is 530. The lowest BCUT2D eigenvalue weighted by Gasteiger charge is -2.36. The first-order chi connectivity index (χ1) is 12.1. The third kappa shape index (κ3) is 6.92. The second-order valence-corrected chi connectivity index (χ2v) is 6.83. The summed E-state index contributed by atoms with van der Waals surface area (Å²) in [6, 6.07) is 8.68. The number of rotatable bonds is 8. The summed E-state index contributed by atoms with van der Waals surface area (Å²) in [5.41, 5.74) is 2.62. The zero-order valence-electron chi connectivity index (χ0n) is 15.5. The van der Waals surface area contributed by atoms with Crippen LogP contribution in [-0.4, -0.2) is 68.0 Å². The molecule has 1 aromatic rings. The summed E-state index contributed by atoms with van der Waals surface area (Å²) >= 11 is 0. The molecule has 1 unspecified atom stereocenters. The molecule has 1 aliphatic rings. The fourth-order valence-corrected chi connectivity index (χ4v) is 3.06. The van der Waals surface area contributed by atoms with Crippen molar-refractivity contribution in [3.8, 4) is 0 Å². The van der Waals surface area contributed by atoms with Crippen LogP contribution in [0.5, 0.6) is 0 Å². The second kappa shape index (κ2) is 10.3. The van der Waals surface area contributed by atoms with Crippen LogP contribution in [0.3, 0.4) is 0 Å². The first kappa shape index (κ1) is 19.5. The molecule has 6 heteroatoms. The Labute approximate surface area is 151 Å². The minimum atomic E-state index is -0.148. The Morgan fingerprint density at radius 2 is 2.04 bits per heavy atom. The van der Waals surface area contributed by atoms with Gasteiger partial charge in [0.2, 0.25) is 0 Å². The summed E-state index contributed by atoms with van der Waals surface area (Å²) in [5, 5.41) is 14.4. The van der Waals surface area contributed by atoms with E-state index in [1.54, 1.807) is 0 Å². The quantitative estimate of drug-likeness (QED) is 0.624. The number of urea groups is 1. The highest BCUT2D eigenvalue weighted by molar-refractivity contribution is 5.74. The summed E-state index contributed by atoms with van der Waals surface area (Å²) in [5.74, 6) is 0. The molecule has 0 aromatic heterocycles. The number of piperazine rings is 1. The minimum Gasteiger partial charge on any atom is -0.396 e. The Hall–Kier alpha value is -1.79. The van der Waals surface area contributed by atoms with Crippen molar-refractivity contribution in [1.29, 1.82) is 0 Å². The van der Waals surface area contributed by atoms with Gasteiger partial charge in [-0.2, -0.15) is 0 Å². The van der Waals surface area contributed by atoms with Crippen molar-refractivity contribution in [2.24, 2.45) is 0 Å². The Morgan fingerprint density at radius 3 is 2.72 bits per heavy atom. The van der Waals surface area contributed by atoms with Crippen LogP contribution in [0, 0.1) is 6.92 Å². The first-order valence-corrected chi connectivity index (χ1v) is 9.27. The van der Waals surface area contributed by atoms with Crippen LogP contribution in [0.4, 0.5) is 10.5 Å². The number of nitrogens with zero attached hydrogens (tertiary/aromatic N) is 2. The molecular weight excluding hydrogens is 316 g/mol. The van der Waals surface area contributed by atoms with Gasteiger partial charge in [-0.15, -0.1) is 0 Å². The van der Waals surface area contributed by atoms with Crippen molar-refractivity contribution < 1.29 is 9.90 Å². The van der Waals surface area contributed by atoms with Crippen LogP contribution in [0.25, 0.3) is 0 Å². The molecule has 0 bridgehead atoms. The van der Waals surface area contributed by atoms with Gasteiger partial charge in [0.15, 0.2) is 0 Å². The lowest BCUT2D eigenvalue weighted by atomic mass is 10.1. The van der Waals surface area contributed by atoms with Gasteiger partial charge in [0.1, 0.15) is 0 Å². The molecule has 140 valence electrons. The largest absolute Gasteiger partial charge is 0.396 e. The van der Waals surface area contributed by atoms with E-state index in [2.05, 4.69) is 51.6 Å². The van der Waals surface area contributed by atoms with Crippen molar-refractivity contribution in [3.63, 3.8) is 0 Å². The van der Waals surface area contributed by atoms with E-state index in [1.807, 2.05) is 6.92 Å². The normalized spacial score (nSPS) is 16.5. The highest BCUT2D eigenvalue weighted by atomic mass is 16.3. The van der Waals surface area contributed by atoms with E-state index in [1.165, 1.54) is 11.3 Å². The molecule has 0 aliphatic carbocycles. The standard InChI is InChI=1S/C19H32N4O2/c1-16-5-3-6-18(15-16)23-12-10-22(11-13-23)9-7-17(2)21-19(25)20-8-4-14-24/h3,5-6,15,17,24H,4,7-14H2,1-2H3,(H2,20,21,25). The van der Waals surface area contributed by atoms with E-state index >= 15 is 0 Å². The van der Waals surface area contributed by atoms with Crippen LogP contribution in [-0.2, 0) is 0 Å². The topological polar surface area (TPSA) is 67.8 Å². The number of hydrogen-bond donors (Lipinski definition) is 3. The van der Waals surface area contributed by atoms with Gasteiger partial charge < -0.3 is 20.6 Å². The van der Waals surface area contributed by atoms with Gasteiger partial charge in [-0.25, -0.2) is 4.79 Å². The molecule has 1 aromatic carbocycles. The van der Waals surface area contributed by atoms with Crippen LogP contribution < -0.4 is 15.5 Å². The van der Waals surface area contributed by atoms with Gasteiger partial charge in [0.25, 0.3) is 0 Å². The van der Waals surface area contributed by atoms with E-state index in [9.17, 15) is 4.79 Å². The number of carbonyl (C=O) groups is 1. The molecule has 1 fully saturated rings. The summed E-state index contributed by atoms with van der Waals surface area (Å²) in [7, 11) is 0. The number of amides is 2. The van der Waals surface area contributed by atoms with Gasteiger partial charge in [-0.3, -0.25) is 4.90 Å². The number of benzene rings is 1. The van der Waals surface area contributed by atoms with Crippen LogP contribution in [0.1, 0.15) is 25.3 Å². The van der Waals surface area contributed by atoms with E-state index in [0.717, 1.165) is 39.1 Å². The van der Waals surface area contributed by atoms with Crippen molar-refractivity contribution in [1.82, 2.24) is 15.5 Å². The highest BCUT2D eigenvalue weighted by Crippen LogP contribution is 2.17. The Kier molecular flexibility index (Phi) is 8.01. The predicted octanol–water partition coefficient (Wildman–Crippen LogP) is 1.58. The summed E-state index contributed by atoms with van der Waals surface area (Å²) in [6.07, 6.45) is 1.53.